The number of nitriles is 1. The van der Waals surface area contributed by atoms with Gasteiger partial charge in [-0.15, -0.1) is 16.3 Å². The van der Waals surface area contributed by atoms with Crippen molar-refractivity contribution in [1.29, 1.82) is 5.26 Å². The third kappa shape index (κ3) is 5.39. The summed E-state index contributed by atoms with van der Waals surface area (Å²) in [4.78, 5) is 7.85. The molecule has 0 aliphatic carbocycles. The van der Waals surface area contributed by atoms with Crippen molar-refractivity contribution in [2.24, 2.45) is 4.99 Å². The van der Waals surface area contributed by atoms with Crippen molar-refractivity contribution in [2.45, 2.75) is 5.75 Å². The fourth-order valence-corrected chi connectivity index (χ4v) is 2.86. The van der Waals surface area contributed by atoms with Crippen LogP contribution in [0.3, 0.4) is 0 Å². The van der Waals surface area contributed by atoms with Gasteiger partial charge in [0.2, 0.25) is 6.19 Å². The van der Waals surface area contributed by atoms with E-state index in [0.29, 0.717) is 5.17 Å². The minimum atomic E-state index is 0.678. The number of nitrogens with zero attached hydrogens (tertiary/aromatic N) is 3. The van der Waals surface area contributed by atoms with E-state index in [-0.39, 0.29) is 0 Å². The normalized spacial score (nSPS) is 11.1. The van der Waals surface area contributed by atoms with Crippen LogP contribution in [0, 0.1) is 11.5 Å². The van der Waals surface area contributed by atoms with Crippen molar-refractivity contribution in [3.8, 4) is 6.19 Å². The Bertz CT molecular complexity index is 355. The highest BCUT2D eigenvalue weighted by Crippen LogP contribution is 2.13. The molecule has 0 aliphatic rings. The number of aromatic nitrogens is 1. The maximum absolute atomic E-state index is 8.39. The SMILES string of the molecule is CSC(=NC#N)NCCSCc1nccs1. The minimum absolute atomic E-state index is 0.678. The molecular formula is C9H12N4S3. The summed E-state index contributed by atoms with van der Waals surface area (Å²) in [6, 6.07) is 0. The van der Waals surface area contributed by atoms with Gasteiger partial charge in [-0.2, -0.15) is 17.0 Å². The molecule has 0 bridgehead atoms. The molecule has 1 aromatic rings. The van der Waals surface area contributed by atoms with Crippen LogP contribution in [0.15, 0.2) is 16.6 Å². The molecule has 0 aromatic carbocycles. The zero-order valence-corrected chi connectivity index (χ0v) is 11.3. The molecule has 0 saturated carbocycles. The van der Waals surface area contributed by atoms with Crippen molar-refractivity contribution in [3.05, 3.63) is 16.6 Å². The highest BCUT2D eigenvalue weighted by Gasteiger charge is 1.97. The molecule has 1 aromatic heterocycles. The molecular weight excluding hydrogens is 260 g/mol. The Balaban J connectivity index is 2.08. The first-order valence-corrected chi connectivity index (χ1v) is 7.83. The van der Waals surface area contributed by atoms with Gasteiger partial charge in [-0.05, 0) is 6.26 Å². The predicted octanol–water partition coefficient (Wildman–Crippen LogP) is 2.17. The van der Waals surface area contributed by atoms with E-state index in [1.54, 1.807) is 17.5 Å². The molecule has 16 heavy (non-hydrogen) atoms. The summed E-state index contributed by atoms with van der Waals surface area (Å²) in [5, 5.41) is 15.3. The van der Waals surface area contributed by atoms with Gasteiger partial charge in [0.05, 0.1) is 0 Å². The van der Waals surface area contributed by atoms with Crippen LogP contribution in [0.2, 0.25) is 0 Å². The monoisotopic (exact) mass is 272 g/mol. The lowest BCUT2D eigenvalue weighted by atomic mass is 10.7. The molecule has 0 saturated heterocycles. The van der Waals surface area contributed by atoms with E-state index in [0.717, 1.165) is 23.1 Å². The van der Waals surface area contributed by atoms with Crippen LogP contribution in [0.5, 0.6) is 0 Å². The van der Waals surface area contributed by atoms with Crippen LogP contribution in [-0.2, 0) is 5.75 Å². The largest absolute Gasteiger partial charge is 0.363 e. The Morgan fingerprint density at radius 2 is 2.62 bits per heavy atom. The first kappa shape index (κ1) is 13.4. The molecule has 0 radical (unpaired) electrons. The molecule has 1 N–H and O–H groups in total. The van der Waals surface area contributed by atoms with Gasteiger partial charge in [0, 0.05) is 29.6 Å². The number of nitrogens with one attached hydrogen (secondary N) is 1. The van der Waals surface area contributed by atoms with Crippen molar-refractivity contribution in [2.75, 3.05) is 18.6 Å². The summed E-state index contributed by atoms with van der Waals surface area (Å²) in [6.07, 6.45) is 5.49. The molecule has 1 rings (SSSR count). The zero-order valence-electron chi connectivity index (χ0n) is 8.84. The molecule has 1 heterocycles. The Hall–Kier alpha value is -0.710. The Labute approximate surface area is 108 Å². The van der Waals surface area contributed by atoms with E-state index < -0.39 is 0 Å². The summed E-state index contributed by atoms with van der Waals surface area (Å²) < 4.78 is 0. The van der Waals surface area contributed by atoms with E-state index in [4.69, 9.17) is 5.26 Å². The summed E-state index contributed by atoms with van der Waals surface area (Å²) in [6.45, 7) is 0.817. The number of thiazole rings is 1. The van der Waals surface area contributed by atoms with Crippen molar-refractivity contribution in [1.82, 2.24) is 10.3 Å². The van der Waals surface area contributed by atoms with Crippen molar-refractivity contribution < 1.29 is 0 Å². The van der Waals surface area contributed by atoms with E-state index in [1.807, 2.05) is 29.6 Å². The fourth-order valence-electron chi connectivity index (χ4n) is 0.917. The molecule has 86 valence electrons. The molecule has 0 unspecified atom stereocenters. The van der Waals surface area contributed by atoms with Gasteiger partial charge in [-0.25, -0.2) is 4.98 Å². The summed E-state index contributed by atoms with van der Waals surface area (Å²) in [7, 11) is 0. The van der Waals surface area contributed by atoms with Gasteiger partial charge in [0.25, 0.3) is 0 Å². The van der Waals surface area contributed by atoms with Gasteiger partial charge in [-0.1, -0.05) is 11.8 Å². The van der Waals surface area contributed by atoms with Crippen LogP contribution in [-0.4, -0.2) is 28.7 Å². The van der Waals surface area contributed by atoms with Gasteiger partial charge in [-0.3, -0.25) is 0 Å². The van der Waals surface area contributed by atoms with Crippen LogP contribution >= 0.6 is 34.9 Å². The summed E-state index contributed by atoms with van der Waals surface area (Å²) >= 11 is 4.94. The van der Waals surface area contributed by atoms with Crippen molar-refractivity contribution in [3.63, 3.8) is 0 Å². The average molecular weight is 272 g/mol. The second-order valence-corrected chi connectivity index (χ2v) is 5.51. The average Bonchev–Trinajstić information content (AvgIpc) is 2.80. The Kier molecular flexibility index (Phi) is 7.05. The third-order valence-electron chi connectivity index (χ3n) is 1.58. The van der Waals surface area contributed by atoms with E-state index >= 15 is 0 Å². The molecule has 7 heteroatoms. The third-order valence-corrected chi connectivity index (χ3v) is 4.13. The van der Waals surface area contributed by atoms with Crippen LogP contribution in [0.25, 0.3) is 0 Å². The lowest BCUT2D eigenvalue weighted by molar-refractivity contribution is 0.991. The second-order valence-electron chi connectivity index (χ2n) is 2.63. The molecule has 0 aliphatic heterocycles. The molecule has 0 amide bonds. The Morgan fingerprint density at radius 1 is 1.75 bits per heavy atom. The summed E-state index contributed by atoms with van der Waals surface area (Å²) in [5.41, 5.74) is 0. The smallest absolute Gasteiger partial charge is 0.208 e. The second kappa shape index (κ2) is 8.44. The number of hydrogen-bond donors (Lipinski definition) is 1. The predicted molar refractivity (Wildman–Crippen MR) is 72.8 cm³/mol. The summed E-state index contributed by atoms with van der Waals surface area (Å²) in [5.74, 6) is 1.92. The number of amidine groups is 1. The van der Waals surface area contributed by atoms with Crippen LogP contribution < -0.4 is 5.32 Å². The van der Waals surface area contributed by atoms with E-state index in [2.05, 4.69) is 15.3 Å². The molecule has 0 atom stereocenters. The Morgan fingerprint density at radius 3 is 3.25 bits per heavy atom. The highest BCUT2D eigenvalue weighted by atomic mass is 32.2. The zero-order chi connectivity index (χ0) is 11.6. The molecule has 0 fully saturated rings. The first-order chi connectivity index (χ1) is 7.86. The maximum atomic E-state index is 8.39. The van der Waals surface area contributed by atoms with Gasteiger partial charge in [0.1, 0.15) is 5.01 Å². The fraction of sp³-hybridized carbons (Fsp3) is 0.444. The van der Waals surface area contributed by atoms with Crippen molar-refractivity contribution >= 4 is 40.0 Å². The minimum Gasteiger partial charge on any atom is -0.363 e. The topological polar surface area (TPSA) is 61.1 Å². The number of aliphatic imine (C=N–C) groups is 1. The number of thioether (sulfide) groups is 2. The van der Waals surface area contributed by atoms with Crippen LogP contribution in [0.4, 0.5) is 0 Å². The molecule has 4 nitrogen and oxygen atoms in total. The van der Waals surface area contributed by atoms with E-state index in [9.17, 15) is 0 Å². The maximum Gasteiger partial charge on any atom is 0.208 e. The van der Waals surface area contributed by atoms with Gasteiger partial charge < -0.3 is 5.32 Å². The standard InChI is InChI=1S/C9H12N4S3/c1-14-9(13-7-10)12-2-4-15-6-8-11-3-5-16-8/h3,5H,2,4,6H2,1H3,(H,12,13). The molecule has 0 spiro atoms. The number of hydrogen-bond acceptors (Lipinski definition) is 6. The number of rotatable bonds is 5. The lowest BCUT2D eigenvalue weighted by Crippen LogP contribution is -2.22. The van der Waals surface area contributed by atoms with E-state index in [1.165, 1.54) is 11.8 Å². The highest BCUT2D eigenvalue weighted by molar-refractivity contribution is 8.13. The quantitative estimate of drug-likeness (QED) is 0.385. The lowest BCUT2D eigenvalue weighted by Gasteiger charge is -2.04. The first-order valence-electron chi connectivity index (χ1n) is 4.57. The van der Waals surface area contributed by atoms with Gasteiger partial charge in [0.15, 0.2) is 5.17 Å². The van der Waals surface area contributed by atoms with Gasteiger partial charge >= 0.3 is 0 Å². The van der Waals surface area contributed by atoms with Crippen LogP contribution in [0.1, 0.15) is 5.01 Å².